The molecule has 0 spiro atoms. The van der Waals surface area contributed by atoms with Crippen molar-refractivity contribution >= 4 is 27.9 Å². The van der Waals surface area contributed by atoms with Crippen molar-refractivity contribution in [2.24, 2.45) is 4.99 Å². The standard InChI is InChI=1S/C20H20N4O3S/c1-3-27-18-8-4-16(5-9-18)14-22-17-6-10-19(11-7-17)28(25,26)24-20-21-13-12-15(2)23-20/h4-14H,3H2,1-2H3,(H,21,23,24). The van der Waals surface area contributed by atoms with E-state index in [1.165, 1.54) is 18.3 Å². The smallest absolute Gasteiger partial charge is 0.264 e. The molecule has 1 aromatic heterocycles. The summed E-state index contributed by atoms with van der Waals surface area (Å²) in [5, 5.41) is 0. The predicted octanol–water partition coefficient (Wildman–Crippen LogP) is 3.74. The molecule has 0 unspecified atom stereocenters. The molecule has 144 valence electrons. The fraction of sp³-hybridized carbons (Fsp3) is 0.150. The Morgan fingerprint density at radius 1 is 1.07 bits per heavy atom. The fourth-order valence-corrected chi connectivity index (χ4v) is 3.31. The van der Waals surface area contributed by atoms with Crippen LogP contribution in [0.5, 0.6) is 5.75 Å². The van der Waals surface area contributed by atoms with Crippen LogP contribution in [-0.2, 0) is 10.0 Å². The fourth-order valence-electron chi connectivity index (χ4n) is 2.35. The minimum absolute atomic E-state index is 0.0394. The number of ether oxygens (including phenoxy) is 1. The highest BCUT2D eigenvalue weighted by Crippen LogP contribution is 2.19. The zero-order valence-electron chi connectivity index (χ0n) is 15.5. The second-order valence-electron chi connectivity index (χ2n) is 5.88. The van der Waals surface area contributed by atoms with Crippen LogP contribution in [0.15, 0.2) is 70.7 Å². The molecule has 0 saturated heterocycles. The van der Waals surface area contributed by atoms with Crippen LogP contribution in [0.25, 0.3) is 0 Å². The number of aryl methyl sites for hydroxylation is 1. The van der Waals surface area contributed by atoms with Gasteiger partial charge in [0, 0.05) is 18.1 Å². The molecule has 3 rings (SSSR count). The van der Waals surface area contributed by atoms with E-state index in [2.05, 4.69) is 19.7 Å². The molecule has 28 heavy (non-hydrogen) atoms. The van der Waals surface area contributed by atoms with Gasteiger partial charge in [-0.15, -0.1) is 0 Å². The molecule has 0 aliphatic carbocycles. The SMILES string of the molecule is CCOc1ccc(C=Nc2ccc(S(=O)(=O)Nc3nccc(C)n3)cc2)cc1. The highest BCUT2D eigenvalue weighted by molar-refractivity contribution is 7.92. The Kier molecular flexibility index (Phi) is 6.00. The third-order valence-electron chi connectivity index (χ3n) is 3.72. The van der Waals surface area contributed by atoms with Crippen molar-refractivity contribution in [2.45, 2.75) is 18.7 Å². The molecule has 0 atom stereocenters. The molecule has 2 aromatic carbocycles. The van der Waals surface area contributed by atoms with Crippen molar-refractivity contribution < 1.29 is 13.2 Å². The van der Waals surface area contributed by atoms with Gasteiger partial charge in [-0.25, -0.2) is 23.1 Å². The maximum atomic E-state index is 12.4. The van der Waals surface area contributed by atoms with Gasteiger partial charge in [0.2, 0.25) is 5.95 Å². The van der Waals surface area contributed by atoms with Gasteiger partial charge in [0.15, 0.2) is 0 Å². The molecule has 1 heterocycles. The summed E-state index contributed by atoms with van der Waals surface area (Å²) in [5.41, 5.74) is 2.23. The minimum Gasteiger partial charge on any atom is -0.494 e. The summed E-state index contributed by atoms with van der Waals surface area (Å²) in [4.78, 5) is 12.4. The van der Waals surface area contributed by atoms with Gasteiger partial charge in [-0.05, 0) is 74.0 Å². The first-order valence-electron chi connectivity index (χ1n) is 8.66. The van der Waals surface area contributed by atoms with Gasteiger partial charge in [0.1, 0.15) is 5.75 Å². The lowest BCUT2D eigenvalue weighted by Crippen LogP contribution is -2.15. The molecule has 0 bridgehead atoms. The van der Waals surface area contributed by atoms with Crippen molar-refractivity contribution in [3.8, 4) is 5.75 Å². The maximum Gasteiger partial charge on any atom is 0.264 e. The number of sulfonamides is 1. The molecule has 0 aliphatic rings. The molecular weight excluding hydrogens is 376 g/mol. The Labute approximate surface area is 164 Å². The zero-order valence-corrected chi connectivity index (χ0v) is 16.3. The summed E-state index contributed by atoms with van der Waals surface area (Å²) in [6, 6.07) is 15.5. The average Bonchev–Trinajstić information content (AvgIpc) is 2.68. The molecule has 8 heteroatoms. The number of anilines is 1. The van der Waals surface area contributed by atoms with Crippen molar-refractivity contribution in [3.05, 3.63) is 72.1 Å². The van der Waals surface area contributed by atoms with Gasteiger partial charge in [-0.3, -0.25) is 4.99 Å². The van der Waals surface area contributed by atoms with E-state index in [9.17, 15) is 8.42 Å². The molecule has 1 N–H and O–H groups in total. The summed E-state index contributed by atoms with van der Waals surface area (Å²) in [5.74, 6) is 0.844. The molecule has 0 saturated carbocycles. The topological polar surface area (TPSA) is 93.5 Å². The first kappa shape index (κ1) is 19.5. The monoisotopic (exact) mass is 396 g/mol. The third kappa shape index (κ3) is 5.14. The molecule has 0 radical (unpaired) electrons. The van der Waals surface area contributed by atoms with E-state index >= 15 is 0 Å². The normalized spacial score (nSPS) is 11.5. The van der Waals surface area contributed by atoms with Crippen LogP contribution in [0, 0.1) is 6.92 Å². The largest absolute Gasteiger partial charge is 0.494 e. The Balaban J connectivity index is 1.70. The number of benzene rings is 2. The highest BCUT2D eigenvalue weighted by atomic mass is 32.2. The second kappa shape index (κ2) is 8.62. The molecule has 7 nitrogen and oxygen atoms in total. The quantitative estimate of drug-likeness (QED) is 0.614. The summed E-state index contributed by atoms with van der Waals surface area (Å²) in [6.07, 6.45) is 3.21. The van der Waals surface area contributed by atoms with E-state index in [0.717, 1.165) is 11.3 Å². The van der Waals surface area contributed by atoms with E-state index in [1.54, 1.807) is 31.3 Å². The Bertz CT molecular complexity index is 1060. The highest BCUT2D eigenvalue weighted by Gasteiger charge is 2.15. The summed E-state index contributed by atoms with van der Waals surface area (Å²) >= 11 is 0. The van der Waals surface area contributed by atoms with Crippen molar-refractivity contribution in [1.82, 2.24) is 9.97 Å². The Morgan fingerprint density at radius 2 is 1.79 bits per heavy atom. The Hall–Kier alpha value is -3.26. The molecule has 0 amide bonds. The maximum absolute atomic E-state index is 12.4. The minimum atomic E-state index is -3.76. The van der Waals surface area contributed by atoms with Crippen LogP contribution in [0.2, 0.25) is 0 Å². The zero-order chi connectivity index (χ0) is 20.0. The van der Waals surface area contributed by atoms with Crippen LogP contribution in [0.4, 0.5) is 11.6 Å². The lowest BCUT2D eigenvalue weighted by atomic mass is 10.2. The first-order chi connectivity index (χ1) is 13.5. The lowest BCUT2D eigenvalue weighted by molar-refractivity contribution is 0.340. The van der Waals surface area contributed by atoms with Gasteiger partial charge in [0.05, 0.1) is 17.2 Å². The summed E-state index contributed by atoms with van der Waals surface area (Å²) < 4.78 is 32.7. The third-order valence-corrected chi connectivity index (χ3v) is 5.07. The van der Waals surface area contributed by atoms with Crippen molar-refractivity contribution in [1.29, 1.82) is 0 Å². The summed E-state index contributed by atoms with van der Waals surface area (Å²) in [7, 11) is -3.76. The van der Waals surface area contributed by atoms with Gasteiger partial charge in [-0.2, -0.15) is 0 Å². The average molecular weight is 396 g/mol. The lowest BCUT2D eigenvalue weighted by Gasteiger charge is -2.07. The number of rotatable bonds is 7. The van der Waals surface area contributed by atoms with Crippen LogP contribution in [0.1, 0.15) is 18.2 Å². The number of nitrogens with one attached hydrogen (secondary N) is 1. The van der Waals surface area contributed by atoms with E-state index in [-0.39, 0.29) is 10.8 Å². The van der Waals surface area contributed by atoms with Gasteiger partial charge < -0.3 is 4.74 Å². The molecule has 3 aromatic rings. The van der Waals surface area contributed by atoms with Crippen molar-refractivity contribution in [2.75, 3.05) is 11.3 Å². The predicted molar refractivity (Wildman–Crippen MR) is 109 cm³/mol. The Morgan fingerprint density at radius 3 is 2.43 bits per heavy atom. The molecular formula is C20H20N4O3S. The molecule has 0 fully saturated rings. The van der Waals surface area contributed by atoms with E-state index < -0.39 is 10.0 Å². The number of aliphatic imine (C=N–C) groups is 1. The van der Waals surface area contributed by atoms with Gasteiger partial charge >= 0.3 is 0 Å². The van der Waals surface area contributed by atoms with Crippen LogP contribution >= 0.6 is 0 Å². The number of hydrogen-bond acceptors (Lipinski definition) is 6. The van der Waals surface area contributed by atoms with Gasteiger partial charge in [0.25, 0.3) is 10.0 Å². The van der Waals surface area contributed by atoms with Crippen LogP contribution < -0.4 is 9.46 Å². The van der Waals surface area contributed by atoms with Crippen LogP contribution in [-0.4, -0.2) is 31.2 Å². The van der Waals surface area contributed by atoms with E-state index in [0.29, 0.717) is 18.0 Å². The second-order valence-corrected chi connectivity index (χ2v) is 7.56. The molecule has 0 aliphatic heterocycles. The number of aromatic nitrogens is 2. The van der Waals surface area contributed by atoms with Gasteiger partial charge in [-0.1, -0.05) is 0 Å². The van der Waals surface area contributed by atoms with Crippen molar-refractivity contribution in [3.63, 3.8) is 0 Å². The number of nitrogens with zero attached hydrogens (tertiary/aromatic N) is 3. The van der Waals surface area contributed by atoms with E-state index in [4.69, 9.17) is 4.74 Å². The van der Waals surface area contributed by atoms with E-state index in [1.807, 2.05) is 31.2 Å². The summed E-state index contributed by atoms with van der Waals surface area (Å²) in [6.45, 7) is 4.31. The first-order valence-corrected chi connectivity index (χ1v) is 10.1. The number of hydrogen-bond donors (Lipinski definition) is 1. The van der Waals surface area contributed by atoms with Crippen LogP contribution in [0.3, 0.4) is 0 Å².